The van der Waals surface area contributed by atoms with E-state index in [0.717, 1.165) is 19.1 Å². The van der Waals surface area contributed by atoms with Crippen molar-refractivity contribution < 1.29 is 4.74 Å². The molecule has 1 aliphatic heterocycles. The third kappa shape index (κ3) is 2.35. The lowest BCUT2D eigenvalue weighted by Gasteiger charge is -2.20. The molecule has 1 fully saturated rings. The van der Waals surface area contributed by atoms with E-state index in [2.05, 4.69) is 6.92 Å². The van der Waals surface area contributed by atoms with Gasteiger partial charge < -0.3 is 4.74 Å². The summed E-state index contributed by atoms with van der Waals surface area (Å²) < 4.78 is 5.33. The zero-order valence-corrected chi connectivity index (χ0v) is 6.23. The van der Waals surface area contributed by atoms with Crippen LogP contribution in [0.1, 0.15) is 32.6 Å². The molecule has 0 radical (unpaired) electrons. The second kappa shape index (κ2) is 3.89. The SMILES string of the molecule is CCC[C@@H]1CCCOC1. The molecule has 1 nitrogen and oxygen atoms in total. The molecule has 1 aliphatic rings. The topological polar surface area (TPSA) is 9.23 Å². The van der Waals surface area contributed by atoms with Gasteiger partial charge in [-0.25, -0.2) is 0 Å². The molecule has 0 amide bonds. The monoisotopic (exact) mass is 128 g/mol. The Bertz CT molecular complexity index is 62.2. The van der Waals surface area contributed by atoms with Gasteiger partial charge in [-0.05, 0) is 25.2 Å². The summed E-state index contributed by atoms with van der Waals surface area (Å²) in [5.41, 5.74) is 0. The Morgan fingerprint density at radius 3 is 3.00 bits per heavy atom. The van der Waals surface area contributed by atoms with Gasteiger partial charge in [-0.1, -0.05) is 13.3 Å². The highest BCUT2D eigenvalue weighted by Gasteiger charge is 2.11. The normalized spacial score (nSPS) is 28.3. The van der Waals surface area contributed by atoms with Crippen LogP contribution in [0, 0.1) is 5.92 Å². The van der Waals surface area contributed by atoms with Crippen LogP contribution in [0.4, 0.5) is 0 Å². The molecule has 1 heterocycles. The first-order valence-electron chi connectivity index (χ1n) is 4.01. The Labute approximate surface area is 57.4 Å². The summed E-state index contributed by atoms with van der Waals surface area (Å²) in [6, 6.07) is 0. The van der Waals surface area contributed by atoms with Crippen LogP contribution < -0.4 is 0 Å². The minimum Gasteiger partial charge on any atom is -0.381 e. The van der Waals surface area contributed by atoms with Crippen LogP contribution in [0.25, 0.3) is 0 Å². The van der Waals surface area contributed by atoms with Crippen molar-refractivity contribution in [3.05, 3.63) is 0 Å². The van der Waals surface area contributed by atoms with Crippen molar-refractivity contribution in [3.63, 3.8) is 0 Å². The predicted molar refractivity (Wildman–Crippen MR) is 38.5 cm³/mol. The minimum absolute atomic E-state index is 0.878. The maximum atomic E-state index is 5.33. The Morgan fingerprint density at radius 2 is 2.44 bits per heavy atom. The van der Waals surface area contributed by atoms with Crippen molar-refractivity contribution in [3.8, 4) is 0 Å². The average Bonchev–Trinajstić information content (AvgIpc) is 1.91. The predicted octanol–water partition coefficient (Wildman–Crippen LogP) is 2.21. The largest absolute Gasteiger partial charge is 0.381 e. The molecule has 0 saturated carbocycles. The smallest absolute Gasteiger partial charge is 0.0494 e. The van der Waals surface area contributed by atoms with Gasteiger partial charge in [-0.3, -0.25) is 0 Å². The molecular formula is C8H16O. The maximum absolute atomic E-state index is 5.33. The molecule has 1 atom stereocenters. The molecule has 0 aromatic carbocycles. The maximum Gasteiger partial charge on any atom is 0.0494 e. The fourth-order valence-corrected chi connectivity index (χ4v) is 1.44. The van der Waals surface area contributed by atoms with E-state index >= 15 is 0 Å². The Hall–Kier alpha value is -0.0400. The van der Waals surface area contributed by atoms with Crippen LogP contribution in [-0.2, 0) is 4.74 Å². The van der Waals surface area contributed by atoms with Gasteiger partial charge in [0.15, 0.2) is 0 Å². The highest BCUT2D eigenvalue weighted by molar-refractivity contribution is 4.61. The molecular weight excluding hydrogens is 112 g/mol. The first-order valence-corrected chi connectivity index (χ1v) is 4.01. The van der Waals surface area contributed by atoms with Gasteiger partial charge in [0.25, 0.3) is 0 Å². The minimum atomic E-state index is 0.878. The Morgan fingerprint density at radius 1 is 1.56 bits per heavy atom. The van der Waals surface area contributed by atoms with Crippen LogP contribution in [0.15, 0.2) is 0 Å². The zero-order chi connectivity index (χ0) is 6.53. The van der Waals surface area contributed by atoms with Crippen LogP contribution in [0.5, 0.6) is 0 Å². The van der Waals surface area contributed by atoms with E-state index in [-0.39, 0.29) is 0 Å². The van der Waals surface area contributed by atoms with E-state index < -0.39 is 0 Å². The van der Waals surface area contributed by atoms with Crippen LogP contribution in [0.2, 0.25) is 0 Å². The number of hydrogen-bond acceptors (Lipinski definition) is 1. The quantitative estimate of drug-likeness (QED) is 0.554. The molecule has 0 N–H and O–H groups in total. The molecule has 0 bridgehead atoms. The lowest BCUT2D eigenvalue weighted by atomic mass is 9.98. The number of rotatable bonds is 2. The number of hydrogen-bond donors (Lipinski definition) is 0. The first kappa shape index (κ1) is 7.07. The standard InChI is InChI=1S/C8H16O/c1-2-4-8-5-3-6-9-7-8/h8H,2-7H2,1H3/t8-/m1/s1. The molecule has 1 rings (SSSR count). The van der Waals surface area contributed by atoms with E-state index in [0.29, 0.717) is 0 Å². The Kier molecular flexibility index (Phi) is 3.05. The first-order chi connectivity index (χ1) is 4.43. The fourth-order valence-electron chi connectivity index (χ4n) is 1.44. The van der Waals surface area contributed by atoms with Crippen LogP contribution in [-0.4, -0.2) is 13.2 Å². The van der Waals surface area contributed by atoms with E-state index in [1.165, 1.54) is 25.7 Å². The van der Waals surface area contributed by atoms with E-state index in [4.69, 9.17) is 4.74 Å². The molecule has 0 unspecified atom stereocenters. The van der Waals surface area contributed by atoms with Gasteiger partial charge in [-0.2, -0.15) is 0 Å². The lowest BCUT2D eigenvalue weighted by molar-refractivity contribution is 0.0514. The van der Waals surface area contributed by atoms with E-state index in [1.54, 1.807) is 0 Å². The molecule has 0 spiro atoms. The van der Waals surface area contributed by atoms with Gasteiger partial charge in [-0.15, -0.1) is 0 Å². The van der Waals surface area contributed by atoms with Crippen molar-refractivity contribution in [2.45, 2.75) is 32.6 Å². The summed E-state index contributed by atoms with van der Waals surface area (Å²) in [6.07, 6.45) is 5.35. The van der Waals surface area contributed by atoms with Gasteiger partial charge in [0.1, 0.15) is 0 Å². The van der Waals surface area contributed by atoms with E-state index in [9.17, 15) is 0 Å². The highest BCUT2D eigenvalue weighted by atomic mass is 16.5. The van der Waals surface area contributed by atoms with Gasteiger partial charge in [0, 0.05) is 13.2 Å². The second-order valence-electron chi connectivity index (χ2n) is 2.87. The fraction of sp³-hybridized carbons (Fsp3) is 1.00. The molecule has 0 aliphatic carbocycles. The van der Waals surface area contributed by atoms with Crippen molar-refractivity contribution in [2.24, 2.45) is 5.92 Å². The van der Waals surface area contributed by atoms with Crippen molar-refractivity contribution in [1.29, 1.82) is 0 Å². The zero-order valence-electron chi connectivity index (χ0n) is 6.23. The third-order valence-electron chi connectivity index (χ3n) is 1.95. The summed E-state index contributed by atoms with van der Waals surface area (Å²) in [5.74, 6) is 0.878. The summed E-state index contributed by atoms with van der Waals surface area (Å²) in [6.45, 7) is 4.27. The summed E-state index contributed by atoms with van der Waals surface area (Å²) in [5, 5.41) is 0. The van der Waals surface area contributed by atoms with Crippen molar-refractivity contribution in [2.75, 3.05) is 13.2 Å². The van der Waals surface area contributed by atoms with Gasteiger partial charge >= 0.3 is 0 Å². The molecule has 0 aromatic rings. The molecule has 1 heteroatoms. The highest BCUT2D eigenvalue weighted by Crippen LogP contribution is 2.17. The number of ether oxygens (including phenoxy) is 1. The van der Waals surface area contributed by atoms with E-state index in [1.807, 2.05) is 0 Å². The van der Waals surface area contributed by atoms with Gasteiger partial charge in [0.2, 0.25) is 0 Å². The third-order valence-corrected chi connectivity index (χ3v) is 1.95. The Balaban J connectivity index is 2.08. The summed E-state index contributed by atoms with van der Waals surface area (Å²) >= 11 is 0. The van der Waals surface area contributed by atoms with Crippen molar-refractivity contribution >= 4 is 0 Å². The van der Waals surface area contributed by atoms with Crippen molar-refractivity contribution in [1.82, 2.24) is 0 Å². The second-order valence-corrected chi connectivity index (χ2v) is 2.87. The summed E-state index contributed by atoms with van der Waals surface area (Å²) in [4.78, 5) is 0. The van der Waals surface area contributed by atoms with Crippen LogP contribution in [0.3, 0.4) is 0 Å². The average molecular weight is 128 g/mol. The lowest BCUT2D eigenvalue weighted by Crippen LogP contribution is -2.16. The molecule has 0 aromatic heterocycles. The molecule has 1 saturated heterocycles. The van der Waals surface area contributed by atoms with Gasteiger partial charge in [0.05, 0.1) is 0 Å². The molecule has 9 heavy (non-hydrogen) atoms. The van der Waals surface area contributed by atoms with Crippen LogP contribution >= 0.6 is 0 Å². The molecule has 54 valence electrons. The summed E-state index contributed by atoms with van der Waals surface area (Å²) in [7, 11) is 0.